The minimum atomic E-state index is -0.0322. The molecule has 0 N–H and O–H groups in total. The summed E-state index contributed by atoms with van der Waals surface area (Å²) in [6.07, 6.45) is 0. The largest absolute Gasteiger partial charge is 0.497 e. The minimum absolute atomic E-state index is 0.0322. The highest BCUT2D eigenvalue weighted by molar-refractivity contribution is 5.94. The van der Waals surface area contributed by atoms with E-state index in [1.807, 2.05) is 83.8 Å². The zero-order valence-electron chi connectivity index (χ0n) is 19.9. The fraction of sp³-hybridized carbons (Fsp3) is 0.214. The van der Waals surface area contributed by atoms with Crippen LogP contribution >= 0.6 is 0 Å². The number of piperazine rings is 1. The summed E-state index contributed by atoms with van der Waals surface area (Å²) < 4.78 is 12.6. The molecule has 0 atom stereocenters. The van der Waals surface area contributed by atoms with Crippen LogP contribution in [0.1, 0.15) is 10.5 Å². The summed E-state index contributed by atoms with van der Waals surface area (Å²) in [5.41, 5.74) is 4.13. The third-order valence-corrected chi connectivity index (χ3v) is 6.31. The molecule has 0 aliphatic carbocycles. The molecule has 0 radical (unpaired) electrons. The number of amides is 1. The van der Waals surface area contributed by atoms with Gasteiger partial charge in [0, 0.05) is 31.7 Å². The van der Waals surface area contributed by atoms with Crippen LogP contribution in [0.5, 0.6) is 11.5 Å². The maximum Gasteiger partial charge on any atom is 0.272 e. The molecule has 0 spiro atoms. The third kappa shape index (κ3) is 4.57. The van der Waals surface area contributed by atoms with Crippen molar-refractivity contribution in [2.24, 2.45) is 0 Å². The number of methoxy groups -OCH3 is 2. The van der Waals surface area contributed by atoms with Gasteiger partial charge in [-0.1, -0.05) is 42.5 Å². The van der Waals surface area contributed by atoms with E-state index in [1.165, 1.54) is 0 Å². The van der Waals surface area contributed by atoms with Gasteiger partial charge in [0.2, 0.25) is 0 Å². The molecule has 1 aromatic heterocycles. The molecule has 0 saturated carbocycles. The SMILES string of the molecule is COc1ccc(-n2nc(-c3ccccc3)cc2C(=O)N2CCN(c3ccccc3OC)CC2)cc1. The summed E-state index contributed by atoms with van der Waals surface area (Å²) in [6, 6.07) is 27.4. The van der Waals surface area contributed by atoms with Gasteiger partial charge in [-0.25, -0.2) is 4.68 Å². The topological polar surface area (TPSA) is 59.8 Å². The third-order valence-electron chi connectivity index (χ3n) is 6.31. The maximum absolute atomic E-state index is 13.7. The van der Waals surface area contributed by atoms with Crippen molar-refractivity contribution in [3.63, 3.8) is 0 Å². The highest BCUT2D eigenvalue weighted by Gasteiger charge is 2.27. The zero-order valence-corrected chi connectivity index (χ0v) is 19.9. The zero-order chi connectivity index (χ0) is 24.2. The van der Waals surface area contributed by atoms with Crippen LogP contribution in [-0.4, -0.2) is 61.0 Å². The van der Waals surface area contributed by atoms with Crippen molar-refractivity contribution in [3.05, 3.63) is 90.6 Å². The van der Waals surface area contributed by atoms with Crippen LogP contribution in [0, 0.1) is 0 Å². The Hall–Kier alpha value is -4.26. The molecule has 1 fully saturated rings. The number of anilines is 1. The van der Waals surface area contributed by atoms with Crippen LogP contribution in [0.3, 0.4) is 0 Å². The average molecular weight is 469 g/mol. The first-order valence-electron chi connectivity index (χ1n) is 11.6. The number of carbonyl (C=O) groups is 1. The molecule has 1 saturated heterocycles. The molecule has 0 bridgehead atoms. The number of benzene rings is 3. The number of carbonyl (C=O) groups excluding carboxylic acids is 1. The molecule has 7 heteroatoms. The Kier molecular flexibility index (Phi) is 6.39. The van der Waals surface area contributed by atoms with Gasteiger partial charge in [-0.15, -0.1) is 0 Å². The van der Waals surface area contributed by atoms with E-state index in [9.17, 15) is 4.79 Å². The Bertz CT molecular complexity index is 1290. The van der Waals surface area contributed by atoms with Crippen molar-refractivity contribution < 1.29 is 14.3 Å². The van der Waals surface area contributed by atoms with Gasteiger partial charge in [0.15, 0.2) is 0 Å². The van der Waals surface area contributed by atoms with Crippen molar-refractivity contribution in [3.8, 4) is 28.4 Å². The molecule has 178 valence electrons. The Balaban J connectivity index is 1.42. The lowest BCUT2D eigenvalue weighted by Gasteiger charge is -2.36. The van der Waals surface area contributed by atoms with Crippen LogP contribution in [-0.2, 0) is 0 Å². The molecular formula is C28H28N4O3. The van der Waals surface area contributed by atoms with E-state index in [4.69, 9.17) is 14.6 Å². The molecule has 7 nitrogen and oxygen atoms in total. The predicted molar refractivity (Wildman–Crippen MR) is 137 cm³/mol. The quantitative estimate of drug-likeness (QED) is 0.417. The number of aromatic nitrogens is 2. The van der Waals surface area contributed by atoms with E-state index in [2.05, 4.69) is 11.0 Å². The fourth-order valence-electron chi connectivity index (χ4n) is 4.41. The lowest BCUT2D eigenvalue weighted by Crippen LogP contribution is -2.49. The standard InChI is InChI=1S/C28H28N4O3/c1-34-23-14-12-22(13-15-23)32-26(20-24(29-32)21-8-4-3-5-9-21)28(33)31-18-16-30(17-19-31)25-10-6-7-11-27(25)35-2/h3-15,20H,16-19H2,1-2H3. The Morgan fingerprint density at radius 3 is 2.17 bits per heavy atom. The van der Waals surface area contributed by atoms with Crippen LogP contribution < -0.4 is 14.4 Å². The van der Waals surface area contributed by atoms with Gasteiger partial charge in [0.25, 0.3) is 5.91 Å². The highest BCUT2D eigenvalue weighted by Crippen LogP contribution is 2.29. The van der Waals surface area contributed by atoms with Crippen LogP contribution in [0.15, 0.2) is 84.9 Å². The van der Waals surface area contributed by atoms with Gasteiger partial charge in [-0.3, -0.25) is 4.79 Å². The number of hydrogen-bond donors (Lipinski definition) is 0. The first kappa shape index (κ1) is 22.5. The normalized spacial score (nSPS) is 13.5. The summed E-state index contributed by atoms with van der Waals surface area (Å²) in [6.45, 7) is 2.69. The molecule has 0 unspecified atom stereocenters. The summed E-state index contributed by atoms with van der Waals surface area (Å²) in [5.74, 6) is 1.57. The van der Waals surface area contributed by atoms with Crippen molar-refractivity contribution in [2.45, 2.75) is 0 Å². The van der Waals surface area contributed by atoms with Crippen LogP contribution in [0.25, 0.3) is 16.9 Å². The lowest BCUT2D eigenvalue weighted by molar-refractivity contribution is 0.0737. The molecule has 5 rings (SSSR count). The molecule has 1 aliphatic heterocycles. The highest BCUT2D eigenvalue weighted by atomic mass is 16.5. The Morgan fingerprint density at radius 1 is 0.800 bits per heavy atom. The summed E-state index contributed by atoms with van der Waals surface area (Å²) in [7, 11) is 3.32. The molecule has 1 amide bonds. The summed E-state index contributed by atoms with van der Waals surface area (Å²) in [4.78, 5) is 17.9. The number of hydrogen-bond acceptors (Lipinski definition) is 5. The average Bonchev–Trinajstić information content (AvgIpc) is 3.39. The smallest absolute Gasteiger partial charge is 0.272 e. The van der Waals surface area contributed by atoms with Crippen LogP contribution in [0.2, 0.25) is 0 Å². The van der Waals surface area contributed by atoms with Crippen molar-refractivity contribution >= 4 is 11.6 Å². The molecule has 3 aromatic carbocycles. The minimum Gasteiger partial charge on any atom is -0.497 e. The lowest BCUT2D eigenvalue weighted by atomic mass is 10.1. The first-order chi connectivity index (χ1) is 17.2. The predicted octanol–water partition coefficient (Wildman–Crippen LogP) is 4.52. The fourth-order valence-corrected chi connectivity index (χ4v) is 4.41. The molecule has 2 heterocycles. The summed E-state index contributed by atoms with van der Waals surface area (Å²) >= 11 is 0. The number of para-hydroxylation sites is 2. The molecule has 4 aromatic rings. The van der Waals surface area contributed by atoms with E-state index < -0.39 is 0 Å². The van der Waals surface area contributed by atoms with Crippen molar-refractivity contribution in [1.29, 1.82) is 0 Å². The van der Waals surface area contributed by atoms with Gasteiger partial charge in [-0.2, -0.15) is 5.10 Å². The van der Waals surface area contributed by atoms with Gasteiger partial charge >= 0.3 is 0 Å². The van der Waals surface area contributed by atoms with Gasteiger partial charge < -0.3 is 19.3 Å². The Labute approximate surface area is 205 Å². The molecular weight excluding hydrogens is 440 g/mol. The monoisotopic (exact) mass is 468 g/mol. The van der Waals surface area contributed by atoms with Gasteiger partial charge in [0.1, 0.15) is 17.2 Å². The van der Waals surface area contributed by atoms with Gasteiger partial charge in [0.05, 0.1) is 31.3 Å². The maximum atomic E-state index is 13.7. The van der Waals surface area contributed by atoms with E-state index >= 15 is 0 Å². The van der Waals surface area contributed by atoms with E-state index in [1.54, 1.807) is 18.9 Å². The number of nitrogens with zero attached hydrogens (tertiary/aromatic N) is 4. The van der Waals surface area contributed by atoms with Crippen LogP contribution in [0.4, 0.5) is 5.69 Å². The van der Waals surface area contributed by atoms with Crippen molar-refractivity contribution in [1.82, 2.24) is 14.7 Å². The van der Waals surface area contributed by atoms with E-state index in [0.29, 0.717) is 18.8 Å². The number of ether oxygens (including phenoxy) is 2. The second kappa shape index (κ2) is 9.93. The second-order valence-corrected chi connectivity index (χ2v) is 8.34. The molecule has 35 heavy (non-hydrogen) atoms. The van der Waals surface area contributed by atoms with Gasteiger partial charge in [-0.05, 0) is 42.5 Å². The Morgan fingerprint density at radius 2 is 1.49 bits per heavy atom. The van der Waals surface area contributed by atoms with E-state index in [-0.39, 0.29) is 5.91 Å². The summed E-state index contributed by atoms with van der Waals surface area (Å²) in [5, 5.41) is 4.81. The van der Waals surface area contributed by atoms with Crippen molar-refractivity contribution in [2.75, 3.05) is 45.3 Å². The molecule has 1 aliphatic rings. The van der Waals surface area contributed by atoms with E-state index in [0.717, 1.165) is 47.2 Å². The second-order valence-electron chi connectivity index (χ2n) is 8.34. The number of rotatable bonds is 6. The first-order valence-corrected chi connectivity index (χ1v) is 11.6.